The zero-order valence-electron chi connectivity index (χ0n) is 16.3. The second-order valence-corrected chi connectivity index (χ2v) is 7.48. The fourth-order valence-corrected chi connectivity index (χ4v) is 4.09. The van der Waals surface area contributed by atoms with Gasteiger partial charge in [-0.2, -0.15) is 15.6 Å². The van der Waals surface area contributed by atoms with Gasteiger partial charge in [-0.3, -0.25) is 4.79 Å². The minimum Gasteiger partial charge on any atom is -0.354 e. The number of amides is 1. The van der Waals surface area contributed by atoms with Crippen LogP contribution in [0.1, 0.15) is 28.0 Å². The van der Waals surface area contributed by atoms with E-state index in [2.05, 4.69) is 21.5 Å². The third-order valence-corrected chi connectivity index (χ3v) is 5.62. The van der Waals surface area contributed by atoms with Gasteiger partial charge in [0.25, 0.3) is 5.91 Å². The Balaban J connectivity index is 1.63. The number of carbonyl (C=O) groups excluding carboxylic acids is 1. The zero-order chi connectivity index (χ0) is 21.5. The van der Waals surface area contributed by atoms with Crippen molar-refractivity contribution >= 4 is 11.7 Å². The Morgan fingerprint density at radius 2 is 2.10 bits per heavy atom. The molecule has 2 aliphatic heterocycles. The lowest BCUT2D eigenvalue weighted by molar-refractivity contribution is 0.0965. The van der Waals surface area contributed by atoms with E-state index in [1.807, 2.05) is 17.0 Å². The first-order valence-electron chi connectivity index (χ1n) is 9.80. The standard InChI is InChI=1S/C22H16FN7O/c23-15-3-1-2-14(10-25)20(15)16-8-18(21-17(27-16)11-26-22(21)31)30-7-5-19(28-30)29-6-4-13(9-24)12-29/h1-3,5,7-8,13H,4,6,11-12H2,(H,26,31). The molecule has 1 aromatic carbocycles. The van der Waals surface area contributed by atoms with Gasteiger partial charge in [0.2, 0.25) is 0 Å². The Morgan fingerprint density at radius 3 is 2.87 bits per heavy atom. The second-order valence-electron chi connectivity index (χ2n) is 7.48. The molecule has 1 N–H and O–H groups in total. The molecule has 0 bridgehead atoms. The van der Waals surface area contributed by atoms with E-state index in [1.165, 1.54) is 18.2 Å². The van der Waals surface area contributed by atoms with Crippen LogP contribution in [0.15, 0.2) is 36.5 Å². The Morgan fingerprint density at radius 1 is 1.23 bits per heavy atom. The van der Waals surface area contributed by atoms with Crippen LogP contribution in [0.2, 0.25) is 0 Å². The van der Waals surface area contributed by atoms with Crippen molar-refractivity contribution in [1.29, 1.82) is 10.5 Å². The summed E-state index contributed by atoms with van der Waals surface area (Å²) in [6.45, 7) is 1.56. The maximum Gasteiger partial charge on any atom is 0.255 e. The smallest absolute Gasteiger partial charge is 0.255 e. The lowest BCUT2D eigenvalue weighted by Gasteiger charge is -2.14. The molecule has 4 heterocycles. The van der Waals surface area contributed by atoms with E-state index in [9.17, 15) is 14.4 Å². The van der Waals surface area contributed by atoms with E-state index in [-0.39, 0.29) is 35.2 Å². The largest absolute Gasteiger partial charge is 0.354 e. The summed E-state index contributed by atoms with van der Waals surface area (Å²) >= 11 is 0. The minimum atomic E-state index is -0.560. The van der Waals surface area contributed by atoms with Crippen molar-refractivity contribution in [3.63, 3.8) is 0 Å². The van der Waals surface area contributed by atoms with Gasteiger partial charge in [-0.15, -0.1) is 0 Å². The minimum absolute atomic E-state index is 0.0295. The highest BCUT2D eigenvalue weighted by Gasteiger charge is 2.29. The molecule has 2 aliphatic rings. The average Bonchev–Trinajstić information content (AvgIpc) is 3.52. The number of nitriles is 2. The van der Waals surface area contributed by atoms with Crippen molar-refractivity contribution in [3.05, 3.63) is 59.2 Å². The summed E-state index contributed by atoms with van der Waals surface area (Å²) in [5.74, 6) is -0.165. The third-order valence-electron chi connectivity index (χ3n) is 5.62. The molecule has 9 heteroatoms. The summed E-state index contributed by atoms with van der Waals surface area (Å²) in [5, 5.41) is 25.9. The van der Waals surface area contributed by atoms with E-state index >= 15 is 0 Å². The van der Waals surface area contributed by atoms with Crippen molar-refractivity contribution in [2.45, 2.75) is 13.0 Å². The number of nitrogens with zero attached hydrogens (tertiary/aromatic N) is 6. The number of benzene rings is 1. The molecule has 5 rings (SSSR count). The molecule has 1 amide bonds. The predicted molar refractivity (Wildman–Crippen MR) is 109 cm³/mol. The van der Waals surface area contributed by atoms with Crippen LogP contribution in [0.5, 0.6) is 0 Å². The maximum atomic E-state index is 14.6. The highest BCUT2D eigenvalue weighted by Crippen LogP contribution is 2.32. The van der Waals surface area contributed by atoms with Gasteiger partial charge in [0, 0.05) is 25.4 Å². The van der Waals surface area contributed by atoms with E-state index < -0.39 is 5.82 Å². The lowest BCUT2D eigenvalue weighted by atomic mass is 10.0. The number of pyridine rings is 1. The van der Waals surface area contributed by atoms with Crippen LogP contribution in [0, 0.1) is 34.4 Å². The van der Waals surface area contributed by atoms with E-state index in [0.29, 0.717) is 29.3 Å². The number of halogens is 1. The molecule has 1 atom stereocenters. The van der Waals surface area contributed by atoms with Crippen LogP contribution in [0.25, 0.3) is 16.9 Å². The van der Waals surface area contributed by atoms with E-state index in [1.54, 1.807) is 16.9 Å². The summed E-state index contributed by atoms with van der Waals surface area (Å²) in [4.78, 5) is 19.0. The summed E-state index contributed by atoms with van der Waals surface area (Å²) < 4.78 is 16.2. The molecule has 8 nitrogen and oxygen atoms in total. The van der Waals surface area contributed by atoms with Crippen molar-refractivity contribution in [1.82, 2.24) is 20.1 Å². The average molecular weight is 413 g/mol. The van der Waals surface area contributed by atoms with Gasteiger partial charge in [0.15, 0.2) is 5.82 Å². The number of anilines is 1. The first-order chi connectivity index (χ1) is 15.1. The molecule has 0 spiro atoms. The highest BCUT2D eigenvalue weighted by atomic mass is 19.1. The Labute approximate surface area is 177 Å². The van der Waals surface area contributed by atoms with Gasteiger partial charge in [-0.25, -0.2) is 14.1 Å². The van der Waals surface area contributed by atoms with Gasteiger partial charge in [0.1, 0.15) is 5.82 Å². The number of hydrogen-bond acceptors (Lipinski definition) is 6. The Bertz CT molecular complexity index is 1300. The van der Waals surface area contributed by atoms with Crippen LogP contribution in [-0.2, 0) is 6.54 Å². The van der Waals surface area contributed by atoms with Gasteiger partial charge < -0.3 is 10.2 Å². The van der Waals surface area contributed by atoms with Crippen LogP contribution < -0.4 is 10.2 Å². The number of nitrogens with one attached hydrogen (secondary N) is 1. The first kappa shape index (κ1) is 18.8. The van der Waals surface area contributed by atoms with Gasteiger partial charge in [-0.1, -0.05) is 6.07 Å². The van der Waals surface area contributed by atoms with Crippen molar-refractivity contribution in [2.75, 3.05) is 18.0 Å². The summed E-state index contributed by atoms with van der Waals surface area (Å²) in [7, 11) is 0. The van der Waals surface area contributed by atoms with E-state index in [4.69, 9.17) is 5.26 Å². The Kier molecular flexibility index (Phi) is 4.37. The predicted octanol–water partition coefficient (Wildman–Crippen LogP) is 2.54. The van der Waals surface area contributed by atoms with Crippen LogP contribution in [0.3, 0.4) is 0 Å². The first-order valence-corrected chi connectivity index (χ1v) is 9.80. The molecule has 1 saturated heterocycles. The van der Waals surface area contributed by atoms with Crippen LogP contribution >= 0.6 is 0 Å². The molecule has 1 unspecified atom stereocenters. The number of aromatic nitrogens is 3. The summed E-state index contributed by atoms with van der Waals surface area (Å²) in [6.07, 6.45) is 2.51. The zero-order valence-corrected chi connectivity index (χ0v) is 16.3. The number of hydrogen-bond donors (Lipinski definition) is 1. The van der Waals surface area contributed by atoms with E-state index in [0.717, 1.165) is 13.0 Å². The van der Waals surface area contributed by atoms with Crippen molar-refractivity contribution in [3.8, 4) is 29.1 Å². The van der Waals surface area contributed by atoms with Gasteiger partial charge >= 0.3 is 0 Å². The van der Waals surface area contributed by atoms with Crippen molar-refractivity contribution < 1.29 is 9.18 Å². The molecule has 3 aromatic rings. The van der Waals surface area contributed by atoms with Crippen LogP contribution in [-0.4, -0.2) is 33.8 Å². The monoisotopic (exact) mass is 413 g/mol. The molecule has 0 radical (unpaired) electrons. The summed E-state index contributed by atoms with van der Waals surface area (Å²) in [5.41, 5.74) is 1.85. The fourth-order valence-electron chi connectivity index (χ4n) is 4.09. The fraction of sp³-hybridized carbons (Fsp3) is 0.227. The molecule has 31 heavy (non-hydrogen) atoms. The van der Waals surface area contributed by atoms with Crippen molar-refractivity contribution in [2.24, 2.45) is 5.92 Å². The summed E-state index contributed by atoms with van der Waals surface area (Å²) in [6, 6.07) is 12.0. The third kappa shape index (κ3) is 3.08. The topological polar surface area (TPSA) is 111 Å². The quantitative estimate of drug-likeness (QED) is 0.706. The molecule has 152 valence electrons. The molecule has 1 fully saturated rings. The molecular weight excluding hydrogens is 397 g/mol. The molecule has 2 aromatic heterocycles. The number of rotatable bonds is 3. The van der Waals surface area contributed by atoms with Gasteiger partial charge in [0.05, 0.1) is 58.4 Å². The highest BCUT2D eigenvalue weighted by molar-refractivity contribution is 6.01. The van der Waals surface area contributed by atoms with Gasteiger partial charge in [-0.05, 0) is 24.6 Å². The SMILES string of the molecule is N#Cc1cccc(F)c1-c1cc(-n2ccc(N3CCC(C#N)C3)n2)c2c(n1)CNC2=O. The van der Waals surface area contributed by atoms with Crippen LogP contribution in [0.4, 0.5) is 10.2 Å². The molecular formula is C22H16FN7O. The number of carbonyl (C=O) groups is 1. The number of fused-ring (bicyclic) bond motifs is 1. The second kappa shape index (κ2) is 7.22. The molecule has 0 aliphatic carbocycles. The Hall–Kier alpha value is -4.24. The molecule has 0 saturated carbocycles. The maximum absolute atomic E-state index is 14.6. The lowest BCUT2D eigenvalue weighted by Crippen LogP contribution is -2.20. The normalized spacial score (nSPS) is 17.2.